The molecule has 3 aromatic rings. The molecule has 3 rings (SSSR count). The Balaban J connectivity index is 0.00000225. The second kappa shape index (κ2) is 12.4. The lowest BCUT2D eigenvalue weighted by Crippen LogP contribution is -3.00. The Hall–Kier alpha value is -1.46. The van der Waals surface area contributed by atoms with Gasteiger partial charge in [-0.15, -0.1) is 0 Å². The van der Waals surface area contributed by atoms with Crippen molar-refractivity contribution in [3.63, 3.8) is 0 Å². The van der Waals surface area contributed by atoms with Gasteiger partial charge in [-0.25, -0.2) is 4.98 Å². The molecule has 1 heterocycles. The Labute approximate surface area is 197 Å². The van der Waals surface area contributed by atoms with Gasteiger partial charge in [0.25, 0.3) is 0 Å². The van der Waals surface area contributed by atoms with Crippen molar-refractivity contribution in [2.45, 2.75) is 39.7 Å². The van der Waals surface area contributed by atoms with Crippen molar-refractivity contribution in [1.82, 2.24) is 9.88 Å². The van der Waals surface area contributed by atoms with Crippen LogP contribution in [0, 0.1) is 0 Å². The highest BCUT2D eigenvalue weighted by molar-refractivity contribution is 6.31. The number of rotatable bonds is 9. The molecule has 0 fully saturated rings. The Morgan fingerprint density at radius 3 is 2.43 bits per heavy atom. The van der Waals surface area contributed by atoms with Crippen LogP contribution in [0.1, 0.15) is 33.6 Å². The first-order chi connectivity index (χ1) is 13.5. The maximum absolute atomic E-state index is 6.22. The maximum atomic E-state index is 6.22. The van der Waals surface area contributed by atoms with Gasteiger partial charge in [0.05, 0.1) is 23.8 Å². The Kier molecular flexibility index (Phi) is 11.0. The number of hydrogen-bond acceptors (Lipinski definition) is 4. The second-order valence-corrected chi connectivity index (χ2v) is 7.68. The molecule has 0 saturated carbocycles. The molecule has 1 aromatic heterocycles. The molecule has 4 nitrogen and oxygen atoms in total. The summed E-state index contributed by atoms with van der Waals surface area (Å²) in [6, 6.07) is 12.3. The number of nitrogens with one attached hydrogen (secondary N) is 1. The summed E-state index contributed by atoms with van der Waals surface area (Å²) in [7, 11) is 1.69. The fourth-order valence-corrected chi connectivity index (χ4v) is 3.82. The van der Waals surface area contributed by atoms with Crippen LogP contribution in [0.5, 0.6) is 5.75 Å². The van der Waals surface area contributed by atoms with E-state index in [9.17, 15) is 0 Å². The molecular weight excluding hydrogens is 441 g/mol. The number of nitrogens with zero attached hydrogens (tertiary/aromatic N) is 2. The number of fused-ring (bicyclic) bond motifs is 2. The van der Waals surface area contributed by atoms with Gasteiger partial charge < -0.3 is 39.8 Å². The Morgan fingerprint density at radius 1 is 1.03 bits per heavy atom. The lowest BCUT2D eigenvalue weighted by Gasteiger charge is -2.22. The molecule has 7 heteroatoms. The van der Waals surface area contributed by atoms with E-state index in [1.54, 1.807) is 7.11 Å². The van der Waals surface area contributed by atoms with Crippen LogP contribution in [0.4, 0.5) is 5.69 Å². The van der Waals surface area contributed by atoms with Crippen LogP contribution >= 0.6 is 11.6 Å². The quantitative estimate of drug-likeness (QED) is 0.446. The zero-order valence-corrected chi connectivity index (χ0v) is 20.3. The van der Waals surface area contributed by atoms with Gasteiger partial charge in [-0.1, -0.05) is 25.4 Å². The molecule has 2 aromatic carbocycles. The van der Waals surface area contributed by atoms with E-state index in [-0.39, 0.29) is 24.8 Å². The number of ether oxygens (including phenoxy) is 1. The van der Waals surface area contributed by atoms with E-state index in [1.165, 1.54) is 6.42 Å². The molecule has 0 aliphatic heterocycles. The molecule has 0 aliphatic carbocycles. The van der Waals surface area contributed by atoms with Crippen LogP contribution in [0.15, 0.2) is 36.4 Å². The van der Waals surface area contributed by atoms with Gasteiger partial charge in [-0.3, -0.25) is 0 Å². The highest BCUT2D eigenvalue weighted by atomic mass is 35.5. The van der Waals surface area contributed by atoms with Crippen LogP contribution in [-0.2, 0) is 0 Å². The van der Waals surface area contributed by atoms with Gasteiger partial charge >= 0.3 is 0 Å². The molecule has 1 N–H and O–H groups in total. The van der Waals surface area contributed by atoms with Gasteiger partial charge in [0, 0.05) is 21.8 Å². The smallest absolute Gasteiger partial charge is 0.119 e. The van der Waals surface area contributed by atoms with Gasteiger partial charge in [-0.05, 0) is 75.8 Å². The number of benzene rings is 2. The SMILES string of the molecule is CCN(CC)CCCC(C)Nc1c2ccc(Cl)cc2nc2ccc(OC)cc12.[Cl-].[Cl-]. The van der Waals surface area contributed by atoms with E-state index in [0.717, 1.165) is 59.3 Å². The molecule has 0 aliphatic rings. The molecule has 0 radical (unpaired) electrons. The fraction of sp³-hybridized carbons (Fsp3) is 0.435. The lowest BCUT2D eigenvalue weighted by molar-refractivity contribution is -0.00100. The van der Waals surface area contributed by atoms with Crippen molar-refractivity contribution in [3.05, 3.63) is 41.4 Å². The summed E-state index contributed by atoms with van der Waals surface area (Å²) in [5.74, 6) is 0.833. The molecule has 0 amide bonds. The van der Waals surface area contributed by atoms with Crippen molar-refractivity contribution in [2.24, 2.45) is 0 Å². The number of methoxy groups -OCH3 is 1. The molecular formula is C23H30Cl3N3O-2. The van der Waals surface area contributed by atoms with E-state index in [1.807, 2.05) is 24.3 Å². The third-order valence-electron chi connectivity index (χ3n) is 5.34. The number of anilines is 1. The summed E-state index contributed by atoms with van der Waals surface area (Å²) in [6.07, 6.45) is 2.28. The van der Waals surface area contributed by atoms with Crippen LogP contribution in [0.2, 0.25) is 5.02 Å². The van der Waals surface area contributed by atoms with Gasteiger partial charge in [-0.2, -0.15) is 0 Å². The van der Waals surface area contributed by atoms with Crippen LogP contribution in [-0.4, -0.2) is 42.7 Å². The summed E-state index contributed by atoms with van der Waals surface area (Å²) in [4.78, 5) is 7.27. The van der Waals surface area contributed by atoms with Crippen LogP contribution in [0.25, 0.3) is 21.8 Å². The van der Waals surface area contributed by atoms with Crippen LogP contribution < -0.4 is 34.9 Å². The number of pyridine rings is 1. The monoisotopic (exact) mass is 469 g/mol. The first kappa shape index (κ1) is 26.6. The van der Waals surface area contributed by atoms with E-state index in [0.29, 0.717) is 11.1 Å². The van der Waals surface area contributed by atoms with E-state index < -0.39 is 0 Å². The van der Waals surface area contributed by atoms with Gasteiger partial charge in [0.2, 0.25) is 0 Å². The average molecular weight is 471 g/mol. The summed E-state index contributed by atoms with van der Waals surface area (Å²) >= 11 is 6.22. The normalized spacial score (nSPS) is 11.8. The number of halogens is 3. The molecule has 0 bridgehead atoms. The predicted octanol–water partition coefficient (Wildman–Crippen LogP) is -0.0196. The summed E-state index contributed by atoms with van der Waals surface area (Å²) in [6.45, 7) is 10.0. The average Bonchev–Trinajstić information content (AvgIpc) is 2.70. The highest BCUT2D eigenvalue weighted by Crippen LogP contribution is 2.34. The molecule has 1 atom stereocenters. The first-order valence-electron chi connectivity index (χ1n) is 10.1. The minimum Gasteiger partial charge on any atom is -1.00 e. The van der Waals surface area contributed by atoms with E-state index >= 15 is 0 Å². The van der Waals surface area contributed by atoms with Gasteiger partial charge in [0.1, 0.15) is 5.75 Å². The summed E-state index contributed by atoms with van der Waals surface area (Å²) in [5, 5.41) is 6.61. The standard InChI is InChI=1S/C23H30ClN3O.2ClH/c1-5-27(6-2)13-7-8-16(3)25-23-19-11-9-17(24)14-22(19)26-21-12-10-18(28-4)15-20(21)23;;/h9-12,14-16H,5-8,13H2,1-4H3,(H,25,26);2*1H/p-2. The van der Waals surface area contributed by atoms with Crippen molar-refractivity contribution < 1.29 is 29.6 Å². The second-order valence-electron chi connectivity index (χ2n) is 7.25. The number of aromatic nitrogens is 1. The molecule has 30 heavy (non-hydrogen) atoms. The van der Waals surface area contributed by atoms with Gasteiger partial charge in [0.15, 0.2) is 0 Å². The fourth-order valence-electron chi connectivity index (χ4n) is 3.66. The zero-order valence-electron chi connectivity index (χ0n) is 18.0. The van der Waals surface area contributed by atoms with Crippen molar-refractivity contribution in [2.75, 3.05) is 32.1 Å². The van der Waals surface area contributed by atoms with Crippen molar-refractivity contribution in [1.29, 1.82) is 0 Å². The molecule has 0 spiro atoms. The summed E-state index contributed by atoms with van der Waals surface area (Å²) in [5.41, 5.74) is 2.95. The van der Waals surface area contributed by atoms with Crippen LogP contribution in [0.3, 0.4) is 0 Å². The Bertz CT molecular complexity index is 948. The lowest BCUT2D eigenvalue weighted by atomic mass is 10.1. The zero-order chi connectivity index (χ0) is 20.1. The first-order valence-corrected chi connectivity index (χ1v) is 10.5. The molecule has 1 unspecified atom stereocenters. The number of hydrogen-bond donors (Lipinski definition) is 1. The van der Waals surface area contributed by atoms with Crippen molar-refractivity contribution >= 4 is 39.1 Å². The van der Waals surface area contributed by atoms with Crippen molar-refractivity contribution in [3.8, 4) is 5.75 Å². The molecule has 0 saturated heterocycles. The predicted molar refractivity (Wildman–Crippen MR) is 121 cm³/mol. The molecule has 166 valence electrons. The highest BCUT2D eigenvalue weighted by Gasteiger charge is 2.13. The third kappa shape index (κ3) is 6.27. The summed E-state index contributed by atoms with van der Waals surface area (Å²) < 4.78 is 5.45. The largest absolute Gasteiger partial charge is 1.00 e. The minimum absolute atomic E-state index is 0. The third-order valence-corrected chi connectivity index (χ3v) is 5.57. The topological polar surface area (TPSA) is 37.4 Å². The minimum atomic E-state index is 0. The van der Waals surface area contributed by atoms with E-state index in [2.05, 4.69) is 43.1 Å². The Morgan fingerprint density at radius 2 is 1.77 bits per heavy atom. The van der Waals surface area contributed by atoms with E-state index in [4.69, 9.17) is 21.3 Å². The maximum Gasteiger partial charge on any atom is 0.119 e.